The summed E-state index contributed by atoms with van der Waals surface area (Å²) < 4.78 is 33.4. The van der Waals surface area contributed by atoms with Gasteiger partial charge in [-0.2, -0.15) is 4.31 Å². The second-order valence-electron chi connectivity index (χ2n) is 6.83. The maximum Gasteiger partial charge on any atom is 0.243 e. The molecule has 120 valence electrons. The van der Waals surface area contributed by atoms with Gasteiger partial charge >= 0.3 is 0 Å². The molecule has 2 N–H and O–H groups in total. The van der Waals surface area contributed by atoms with Crippen LogP contribution in [0.15, 0.2) is 29.2 Å². The van der Waals surface area contributed by atoms with Crippen LogP contribution < -0.4 is 5.73 Å². The number of nitrogens with zero attached hydrogens (tertiary/aromatic N) is 1. The van der Waals surface area contributed by atoms with Crippen molar-refractivity contribution in [2.75, 3.05) is 18.9 Å². The highest BCUT2D eigenvalue weighted by atomic mass is 32.2. The fourth-order valence-electron chi connectivity index (χ4n) is 4.22. The second-order valence-corrected chi connectivity index (χ2v) is 8.72. The van der Waals surface area contributed by atoms with E-state index < -0.39 is 10.0 Å². The fraction of sp³-hybridized carbons (Fsp3) is 0.625. The lowest BCUT2D eigenvalue weighted by molar-refractivity contribution is -0.131. The van der Waals surface area contributed by atoms with E-state index in [1.807, 2.05) is 0 Å². The van der Waals surface area contributed by atoms with Crippen LogP contribution in [-0.2, 0) is 14.8 Å². The molecular formula is C16H22N2O3S. The molecule has 2 unspecified atom stereocenters. The molecule has 2 heterocycles. The van der Waals surface area contributed by atoms with Crippen LogP contribution in [0.4, 0.5) is 5.69 Å². The van der Waals surface area contributed by atoms with Gasteiger partial charge in [0.1, 0.15) is 0 Å². The maximum atomic E-state index is 13.0. The Morgan fingerprint density at radius 1 is 1.18 bits per heavy atom. The minimum absolute atomic E-state index is 0.0197. The summed E-state index contributed by atoms with van der Waals surface area (Å²) in [6.45, 7) is 1.40. The predicted molar refractivity (Wildman–Crippen MR) is 83.8 cm³/mol. The van der Waals surface area contributed by atoms with Crippen LogP contribution in [0.1, 0.15) is 32.1 Å². The number of sulfonamides is 1. The Labute approximate surface area is 131 Å². The summed E-state index contributed by atoms with van der Waals surface area (Å²) in [7, 11) is -3.46. The van der Waals surface area contributed by atoms with Crippen molar-refractivity contribution in [1.82, 2.24) is 4.31 Å². The van der Waals surface area contributed by atoms with Crippen molar-refractivity contribution in [3.8, 4) is 0 Å². The van der Waals surface area contributed by atoms with Crippen molar-refractivity contribution in [3.05, 3.63) is 24.3 Å². The van der Waals surface area contributed by atoms with E-state index >= 15 is 0 Å². The van der Waals surface area contributed by atoms with Gasteiger partial charge in [-0.3, -0.25) is 0 Å². The smallest absolute Gasteiger partial charge is 0.243 e. The molecule has 0 aromatic heterocycles. The van der Waals surface area contributed by atoms with Crippen molar-refractivity contribution in [2.45, 2.75) is 49.1 Å². The van der Waals surface area contributed by atoms with Gasteiger partial charge in [0.15, 0.2) is 0 Å². The summed E-state index contributed by atoms with van der Waals surface area (Å²) in [5, 5.41) is 0. The van der Waals surface area contributed by atoms with Gasteiger partial charge in [-0.15, -0.1) is 0 Å². The van der Waals surface area contributed by atoms with Crippen molar-refractivity contribution >= 4 is 15.7 Å². The summed E-state index contributed by atoms with van der Waals surface area (Å²) in [5.41, 5.74) is 6.42. The third-order valence-electron chi connectivity index (χ3n) is 5.56. The minimum atomic E-state index is -3.46. The molecular weight excluding hydrogens is 300 g/mol. The maximum absolute atomic E-state index is 13.0. The van der Waals surface area contributed by atoms with E-state index in [1.54, 1.807) is 28.6 Å². The number of benzene rings is 1. The normalized spacial score (nSPS) is 30.9. The molecule has 22 heavy (non-hydrogen) atoms. The summed E-state index contributed by atoms with van der Waals surface area (Å²) in [6, 6.07) is 6.51. The zero-order valence-corrected chi connectivity index (χ0v) is 13.4. The molecule has 2 atom stereocenters. The standard InChI is InChI=1S/C16H22N2O3S/c17-12-4-6-13(7-5-12)22(19,20)18-11-16(8-2-9-16)15(18)14-3-1-10-21-14/h4-7,14-15H,1-3,8-11,17H2. The van der Waals surface area contributed by atoms with Crippen LogP contribution >= 0.6 is 0 Å². The molecule has 1 saturated carbocycles. The van der Waals surface area contributed by atoms with Crippen LogP contribution in [0.3, 0.4) is 0 Å². The van der Waals surface area contributed by atoms with Gasteiger partial charge in [-0.1, -0.05) is 6.42 Å². The molecule has 0 amide bonds. The van der Waals surface area contributed by atoms with Gasteiger partial charge in [-0.25, -0.2) is 8.42 Å². The fourth-order valence-corrected chi connectivity index (χ4v) is 6.06. The van der Waals surface area contributed by atoms with Gasteiger partial charge in [-0.05, 0) is 49.9 Å². The van der Waals surface area contributed by atoms with Crippen LogP contribution in [0.5, 0.6) is 0 Å². The van der Waals surface area contributed by atoms with Crippen LogP contribution in [-0.4, -0.2) is 38.0 Å². The highest BCUT2D eigenvalue weighted by Crippen LogP contribution is 2.57. The van der Waals surface area contributed by atoms with Crippen molar-refractivity contribution in [2.24, 2.45) is 5.41 Å². The summed E-state index contributed by atoms with van der Waals surface area (Å²) in [5.74, 6) is 0. The average molecular weight is 322 g/mol. The number of hydrogen-bond donors (Lipinski definition) is 1. The first-order valence-electron chi connectivity index (χ1n) is 8.02. The van der Waals surface area contributed by atoms with Gasteiger partial charge in [0, 0.05) is 24.3 Å². The Balaban J connectivity index is 1.64. The summed E-state index contributed by atoms with van der Waals surface area (Å²) in [6.07, 6.45) is 5.54. The van der Waals surface area contributed by atoms with Crippen molar-refractivity contribution in [3.63, 3.8) is 0 Å². The van der Waals surface area contributed by atoms with E-state index in [2.05, 4.69) is 0 Å². The van der Waals surface area contributed by atoms with Crippen LogP contribution in [0, 0.1) is 5.41 Å². The van der Waals surface area contributed by atoms with Gasteiger partial charge in [0.25, 0.3) is 0 Å². The predicted octanol–water partition coefficient (Wildman–Crippen LogP) is 1.99. The Hall–Kier alpha value is -1.11. The van der Waals surface area contributed by atoms with Crippen LogP contribution in [0.2, 0.25) is 0 Å². The topological polar surface area (TPSA) is 72.6 Å². The van der Waals surface area contributed by atoms with E-state index in [0.717, 1.165) is 32.3 Å². The van der Waals surface area contributed by atoms with E-state index in [4.69, 9.17) is 10.5 Å². The Bertz CT molecular complexity index is 661. The lowest BCUT2D eigenvalue weighted by atomic mass is 9.58. The molecule has 1 aromatic rings. The molecule has 1 spiro atoms. The number of nitrogen functional groups attached to an aromatic ring is 1. The molecule has 5 nitrogen and oxygen atoms in total. The zero-order chi connectivity index (χ0) is 15.4. The third kappa shape index (κ3) is 2.01. The molecule has 6 heteroatoms. The Kier molecular flexibility index (Phi) is 3.25. The van der Waals surface area contributed by atoms with Crippen LogP contribution in [0.25, 0.3) is 0 Å². The van der Waals surface area contributed by atoms with E-state index in [1.165, 1.54) is 6.42 Å². The van der Waals surface area contributed by atoms with E-state index in [9.17, 15) is 8.42 Å². The summed E-state index contributed by atoms with van der Waals surface area (Å²) in [4.78, 5) is 0.332. The minimum Gasteiger partial charge on any atom is -0.399 e. The number of rotatable bonds is 3. The van der Waals surface area contributed by atoms with Crippen molar-refractivity contribution in [1.29, 1.82) is 0 Å². The Morgan fingerprint density at radius 2 is 1.91 bits per heavy atom. The monoisotopic (exact) mass is 322 g/mol. The zero-order valence-electron chi connectivity index (χ0n) is 12.6. The summed E-state index contributed by atoms with van der Waals surface area (Å²) >= 11 is 0. The number of hydrogen-bond acceptors (Lipinski definition) is 4. The highest BCUT2D eigenvalue weighted by molar-refractivity contribution is 7.89. The van der Waals surface area contributed by atoms with Gasteiger partial charge < -0.3 is 10.5 Å². The molecule has 1 aromatic carbocycles. The lowest BCUT2D eigenvalue weighted by Crippen LogP contribution is -2.72. The van der Waals surface area contributed by atoms with Gasteiger partial charge in [0.2, 0.25) is 10.0 Å². The first-order valence-corrected chi connectivity index (χ1v) is 9.46. The number of nitrogens with two attached hydrogens (primary N) is 1. The molecule has 0 radical (unpaired) electrons. The molecule has 0 bridgehead atoms. The number of ether oxygens (including phenoxy) is 1. The van der Waals surface area contributed by atoms with Crippen molar-refractivity contribution < 1.29 is 13.2 Å². The largest absolute Gasteiger partial charge is 0.399 e. The number of anilines is 1. The molecule has 3 aliphatic rings. The van der Waals surface area contributed by atoms with E-state index in [0.29, 0.717) is 17.1 Å². The van der Waals surface area contributed by atoms with Gasteiger partial charge in [0.05, 0.1) is 17.0 Å². The first-order chi connectivity index (χ1) is 10.5. The lowest BCUT2D eigenvalue weighted by Gasteiger charge is -2.62. The Morgan fingerprint density at radius 3 is 2.45 bits per heavy atom. The third-order valence-corrected chi connectivity index (χ3v) is 7.40. The second kappa shape index (κ2) is 4.94. The first kappa shape index (κ1) is 14.5. The van der Waals surface area contributed by atoms with E-state index in [-0.39, 0.29) is 17.6 Å². The average Bonchev–Trinajstić information content (AvgIpc) is 2.89. The molecule has 3 fully saturated rings. The SMILES string of the molecule is Nc1ccc(S(=O)(=O)N2CC3(CCC3)C2C2CCCO2)cc1. The quantitative estimate of drug-likeness (QED) is 0.864. The molecule has 4 rings (SSSR count). The molecule has 2 aliphatic heterocycles. The molecule has 1 aliphatic carbocycles. The molecule has 2 saturated heterocycles. The highest BCUT2D eigenvalue weighted by Gasteiger charge is 2.62.